The van der Waals surface area contributed by atoms with Gasteiger partial charge in [0.25, 0.3) is 0 Å². The highest BCUT2D eigenvalue weighted by atomic mass is 32.1. The maximum Gasteiger partial charge on any atom is 0.178 e. The fourth-order valence-electron chi connectivity index (χ4n) is 1.23. The Hall–Kier alpha value is -1.55. The molecule has 0 unspecified atom stereocenters. The smallest absolute Gasteiger partial charge is 0.178 e. The number of carbonyl (C=O) groups is 1. The standard InChI is InChI=1S/C11H10N2OS/c1-8(14)10-7-15-11(13-10)6-9-2-4-12-5-3-9/h2-5,7H,6H2,1H3. The van der Waals surface area contributed by atoms with Crippen LogP contribution in [0.2, 0.25) is 0 Å². The number of hydrogen-bond acceptors (Lipinski definition) is 4. The lowest BCUT2D eigenvalue weighted by atomic mass is 10.2. The predicted octanol–water partition coefficient (Wildman–Crippen LogP) is 2.33. The van der Waals surface area contributed by atoms with E-state index in [1.165, 1.54) is 18.3 Å². The second-order valence-electron chi connectivity index (χ2n) is 3.21. The average Bonchev–Trinajstić information content (AvgIpc) is 2.68. The minimum Gasteiger partial charge on any atom is -0.293 e. The summed E-state index contributed by atoms with van der Waals surface area (Å²) in [6.45, 7) is 1.53. The van der Waals surface area contributed by atoms with E-state index in [2.05, 4.69) is 9.97 Å². The first kappa shape index (κ1) is 9.98. The molecule has 0 aromatic carbocycles. The number of rotatable bonds is 3. The summed E-state index contributed by atoms with van der Waals surface area (Å²) in [5, 5.41) is 2.77. The molecule has 2 aromatic heterocycles. The Labute approximate surface area is 91.8 Å². The van der Waals surface area contributed by atoms with E-state index in [0.717, 1.165) is 17.0 Å². The molecule has 15 heavy (non-hydrogen) atoms. The molecule has 0 N–H and O–H groups in total. The highest BCUT2D eigenvalue weighted by Gasteiger charge is 2.06. The summed E-state index contributed by atoms with van der Waals surface area (Å²) < 4.78 is 0. The molecular weight excluding hydrogens is 208 g/mol. The maximum atomic E-state index is 11.0. The number of thiazole rings is 1. The van der Waals surface area contributed by atoms with Crippen molar-refractivity contribution in [2.45, 2.75) is 13.3 Å². The molecule has 0 fully saturated rings. The summed E-state index contributed by atoms with van der Waals surface area (Å²) >= 11 is 1.52. The topological polar surface area (TPSA) is 42.9 Å². The Morgan fingerprint density at radius 3 is 2.73 bits per heavy atom. The van der Waals surface area contributed by atoms with Crippen molar-refractivity contribution >= 4 is 17.1 Å². The third-order valence-electron chi connectivity index (χ3n) is 2.02. The maximum absolute atomic E-state index is 11.0. The highest BCUT2D eigenvalue weighted by molar-refractivity contribution is 7.09. The summed E-state index contributed by atoms with van der Waals surface area (Å²) in [5.41, 5.74) is 1.72. The molecule has 2 heterocycles. The van der Waals surface area contributed by atoms with Crippen molar-refractivity contribution in [3.63, 3.8) is 0 Å². The van der Waals surface area contributed by atoms with Crippen LogP contribution in [0.5, 0.6) is 0 Å². The summed E-state index contributed by atoms with van der Waals surface area (Å²) in [6, 6.07) is 3.91. The van der Waals surface area contributed by atoms with Crippen LogP contribution in [0.25, 0.3) is 0 Å². The number of Topliss-reactive ketones (excluding diaryl/α,β-unsaturated/α-hetero) is 1. The third kappa shape index (κ3) is 2.47. The molecule has 76 valence electrons. The van der Waals surface area contributed by atoms with Crippen molar-refractivity contribution < 1.29 is 4.79 Å². The molecular formula is C11H10N2OS. The van der Waals surface area contributed by atoms with Crippen molar-refractivity contribution in [3.8, 4) is 0 Å². The van der Waals surface area contributed by atoms with E-state index in [1.54, 1.807) is 17.8 Å². The number of ketones is 1. The molecule has 0 aliphatic rings. The molecule has 0 amide bonds. The summed E-state index contributed by atoms with van der Waals surface area (Å²) in [6.07, 6.45) is 4.28. The van der Waals surface area contributed by atoms with Gasteiger partial charge >= 0.3 is 0 Å². The fourth-order valence-corrected chi connectivity index (χ4v) is 2.10. The van der Waals surface area contributed by atoms with Gasteiger partial charge in [-0.2, -0.15) is 0 Å². The van der Waals surface area contributed by atoms with Gasteiger partial charge in [-0.3, -0.25) is 9.78 Å². The van der Waals surface area contributed by atoms with E-state index in [1.807, 2.05) is 12.1 Å². The lowest BCUT2D eigenvalue weighted by Gasteiger charge is -1.95. The number of carbonyl (C=O) groups excluding carboxylic acids is 1. The Bertz CT molecular complexity index is 464. The molecule has 0 bridgehead atoms. The van der Waals surface area contributed by atoms with Crippen LogP contribution in [0.3, 0.4) is 0 Å². The molecule has 0 aliphatic heterocycles. The van der Waals surface area contributed by atoms with Crippen LogP contribution < -0.4 is 0 Å². The van der Waals surface area contributed by atoms with E-state index < -0.39 is 0 Å². The zero-order valence-electron chi connectivity index (χ0n) is 8.30. The molecule has 2 aromatic rings. The van der Waals surface area contributed by atoms with Gasteiger partial charge < -0.3 is 0 Å². The van der Waals surface area contributed by atoms with Gasteiger partial charge in [0.2, 0.25) is 0 Å². The number of aromatic nitrogens is 2. The SMILES string of the molecule is CC(=O)c1csc(Cc2ccncc2)n1. The molecule has 2 rings (SSSR count). The molecule has 3 nitrogen and oxygen atoms in total. The monoisotopic (exact) mass is 218 g/mol. The normalized spacial score (nSPS) is 10.2. The van der Waals surface area contributed by atoms with Gasteiger partial charge in [-0.15, -0.1) is 11.3 Å². The zero-order valence-corrected chi connectivity index (χ0v) is 9.12. The summed E-state index contributed by atoms with van der Waals surface area (Å²) in [4.78, 5) is 19.2. The Kier molecular flexibility index (Phi) is 2.87. The van der Waals surface area contributed by atoms with Gasteiger partial charge in [-0.25, -0.2) is 4.98 Å². The Balaban J connectivity index is 2.15. The van der Waals surface area contributed by atoms with Crippen LogP contribution in [0.1, 0.15) is 28.0 Å². The Morgan fingerprint density at radius 2 is 2.13 bits per heavy atom. The minimum atomic E-state index is 0.0206. The second-order valence-corrected chi connectivity index (χ2v) is 4.16. The number of pyridine rings is 1. The van der Waals surface area contributed by atoms with Crippen molar-refractivity contribution in [2.24, 2.45) is 0 Å². The molecule has 0 aliphatic carbocycles. The third-order valence-corrected chi connectivity index (χ3v) is 2.87. The van der Waals surface area contributed by atoms with E-state index in [-0.39, 0.29) is 5.78 Å². The van der Waals surface area contributed by atoms with Gasteiger partial charge in [0.05, 0.1) is 5.01 Å². The first-order valence-electron chi connectivity index (χ1n) is 4.60. The lowest BCUT2D eigenvalue weighted by molar-refractivity contribution is 0.101. The molecule has 0 atom stereocenters. The van der Waals surface area contributed by atoms with Crippen LogP contribution in [0.15, 0.2) is 29.9 Å². The van der Waals surface area contributed by atoms with E-state index in [4.69, 9.17) is 0 Å². The van der Waals surface area contributed by atoms with Crippen LogP contribution in [0, 0.1) is 0 Å². The van der Waals surface area contributed by atoms with E-state index in [0.29, 0.717) is 5.69 Å². The van der Waals surface area contributed by atoms with Crippen molar-refractivity contribution in [1.29, 1.82) is 0 Å². The Morgan fingerprint density at radius 1 is 1.40 bits per heavy atom. The lowest BCUT2D eigenvalue weighted by Crippen LogP contribution is -1.93. The van der Waals surface area contributed by atoms with Gasteiger partial charge in [0.1, 0.15) is 5.69 Å². The van der Waals surface area contributed by atoms with Crippen molar-refractivity contribution in [3.05, 3.63) is 46.2 Å². The number of hydrogen-bond donors (Lipinski definition) is 0. The summed E-state index contributed by atoms with van der Waals surface area (Å²) in [7, 11) is 0. The van der Waals surface area contributed by atoms with Crippen LogP contribution in [-0.4, -0.2) is 15.8 Å². The summed E-state index contributed by atoms with van der Waals surface area (Å²) in [5.74, 6) is 0.0206. The fraction of sp³-hybridized carbons (Fsp3) is 0.182. The number of nitrogens with zero attached hydrogens (tertiary/aromatic N) is 2. The van der Waals surface area contributed by atoms with Crippen LogP contribution >= 0.6 is 11.3 Å². The molecule has 0 radical (unpaired) electrons. The van der Waals surface area contributed by atoms with Crippen molar-refractivity contribution in [1.82, 2.24) is 9.97 Å². The van der Waals surface area contributed by atoms with Crippen LogP contribution in [-0.2, 0) is 6.42 Å². The zero-order chi connectivity index (χ0) is 10.7. The van der Waals surface area contributed by atoms with Gasteiger partial charge in [0, 0.05) is 31.1 Å². The average molecular weight is 218 g/mol. The van der Waals surface area contributed by atoms with Crippen LogP contribution in [0.4, 0.5) is 0 Å². The van der Waals surface area contributed by atoms with Gasteiger partial charge in [-0.1, -0.05) is 0 Å². The minimum absolute atomic E-state index is 0.0206. The predicted molar refractivity (Wildman–Crippen MR) is 59.2 cm³/mol. The quantitative estimate of drug-likeness (QED) is 0.742. The first-order valence-corrected chi connectivity index (χ1v) is 5.48. The largest absolute Gasteiger partial charge is 0.293 e. The van der Waals surface area contributed by atoms with Crippen molar-refractivity contribution in [2.75, 3.05) is 0 Å². The van der Waals surface area contributed by atoms with E-state index >= 15 is 0 Å². The molecule has 0 spiro atoms. The second kappa shape index (κ2) is 4.31. The molecule has 0 saturated carbocycles. The van der Waals surface area contributed by atoms with Gasteiger partial charge in [-0.05, 0) is 17.7 Å². The molecule has 4 heteroatoms. The first-order chi connectivity index (χ1) is 7.25. The van der Waals surface area contributed by atoms with Gasteiger partial charge in [0.15, 0.2) is 5.78 Å². The highest BCUT2D eigenvalue weighted by Crippen LogP contribution is 2.14. The van der Waals surface area contributed by atoms with E-state index in [9.17, 15) is 4.79 Å². The molecule has 0 saturated heterocycles.